The van der Waals surface area contributed by atoms with E-state index in [9.17, 15) is 29.7 Å². The molecule has 3 saturated heterocycles. The van der Waals surface area contributed by atoms with E-state index < -0.39 is 24.2 Å². The Morgan fingerprint density at radius 1 is 0.868 bits per heavy atom. The van der Waals surface area contributed by atoms with Crippen LogP contribution in [0.3, 0.4) is 0 Å². The molecule has 2 bridgehead atoms. The molecule has 1 amide bonds. The number of aromatic amines is 1. The standard InChI is InChI=1S/C42H52N4O7/c47-35-19-17-31(33-18-20-38(49)44-40(33)35)36(48)26-43-23-10-5-3-1-2-4-9-14-30-32(15-11-16-34(30)41(50)51)39(29-12-7-6-8-13-29)45-42(52)53-37-27-46-24-21-28(37)22-25-46/h6-8,11-13,15-20,28,36-37,39,43,47-48H,1-5,9-10,14,21-27H2,(H,44,49)(H,45,52)(H,50,51)/t36-,37-,39?/m0/s1. The number of phenolic OH excluding ortho intramolecular Hbond substituents is 1. The molecule has 0 aliphatic carbocycles. The van der Waals surface area contributed by atoms with Crippen LogP contribution in [0.25, 0.3) is 10.9 Å². The highest BCUT2D eigenvalue weighted by Crippen LogP contribution is 2.32. The number of aliphatic hydroxyl groups excluding tert-OH is 1. The molecule has 11 heteroatoms. The third kappa shape index (κ3) is 9.84. The number of fused-ring (bicyclic) bond motifs is 4. The molecular weight excluding hydrogens is 672 g/mol. The van der Waals surface area contributed by atoms with Crippen molar-refractivity contribution in [2.45, 2.75) is 82.5 Å². The molecular formula is C42H52N4O7. The van der Waals surface area contributed by atoms with Crippen LogP contribution >= 0.6 is 0 Å². The number of aromatic carboxylic acids is 1. The number of rotatable bonds is 18. The quantitative estimate of drug-likeness (QED) is 0.0634. The number of aliphatic hydroxyl groups is 1. The molecule has 3 fully saturated rings. The number of carboxylic acid groups (broad SMARTS) is 1. The van der Waals surface area contributed by atoms with Gasteiger partial charge in [0.2, 0.25) is 5.56 Å². The highest BCUT2D eigenvalue weighted by Gasteiger charge is 2.37. The maximum Gasteiger partial charge on any atom is 0.408 e. The summed E-state index contributed by atoms with van der Waals surface area (Å²) < 4.78 is 5.99. The van der Waals surface area contributed by atoms with Crippen LogP contribution in [0.1, 0.15) is 103 Å². The molecule has 0 radical (unpaired) electrons. The Bertz CT molecular complexity index is 1890. The smallest absolute Gasteiger partial charge is 0.408 e. The van der Waals surface area contributed by atoms with E-state index in [1.165, 1.54) is 12.1 Å². The number of carboxylic acids is 1. The van der Waals surface area contributed by atoms with Crippen molar-refractivity contribution in [3.63, 3.8) is 0 Å². The number of ether oxygens (including phenoxy) is 1. The highest BCUT2D eigenvalue weighted by atomic mass is 16.6. The number of H-pyrrole nitrogens is 1. The molecule has 1 aromatic heterocycles. The number of aromatic nitrogens is 1. The Labute approximate surface area is 310 Å². The van der Waals surface area contributed by atoms with Gasteiger partial charge in [0.1, 0.15) is 11.9 Å². The van der Waals surface area contributed by atoms with Crippen LogP contribution in [0, 0.1) is 5.92 Å². The fraction of sp³-hybridized carbons (Fsp3) is 0.452. The summed E-state index contributed by atoms with van der Waals surface area (Å²) in [5, 5.41) is 38.1. The number of amides is 1. The summed E-state index contributed by atoms with van der Waals surface area (Å²) >= 11 is 0. The summed E-state index contributed by atoms with van der Waals surface area (Å²) in [7, 11) is 0. The third-order valence-corrected chi connectivity index (χ3v) is 10.9. The van der Waals surface area contributed by atoms with Gasteiger partial charge in [-0.25, -0.2) is 9.59 Å². The number of hydrogen-bond acceptors (Lipinski definition) is 8. The van der Waals surface area contributed by atoms with Crippen molar-refractivity contribution in [1.29, 1.82) is 0 Å². The van der Waals surface area contributed by atoms with Crippen LogP contribution in [0.15, 0.2) is 77.6 Å². The molecule has 3 aliphatic heterocycles. The van der Waals surface area contributed by atoms with Gasteiger partial charge in [0.25, 0.3) is 0 Å². The first-order valence-corrected chi connectivity index (χ1v) is 19.1. The normalized spacial score (nSPS) is 19.2. The third-order valence-electron chi connectivity index (χ3n) is 10.9. The van der Waals surface area contributed by atoms with Crippen LogP contribution in [0.2, 0.25) is 0 Å². The number of hydrogen-bond donors (Lipinski definition) is 6. The number of alkyl carbamates (subject to hydrolysis) is 1. The van der Waals surface area contributed by atoms with Gasteiger partial charge in [-0.3, -0.25) is 9.69 Å². The van der Waals surface area contributed by atoms with Crippen LogP contribution in [-0.4, -0.2) is 76.1 Å². The first-order chi connectivity index (χ1) is 25.8. The number of benzene rings is 3. The maximum atomic E-state index is 13.4. The van der Waals surface area contributed by atoms with Gasteiger partial charge in [-0.2, -0.15) is 0 Å². The van der Waals surface area contributed by atoms with E-state index in [4.69, 9.17) is 4.74 Å². The first-order valence-electron chi connectivity index (χ1n) is 19.1. The van der Waals surface area contributed by atoms with Crippen LogP contribution < -0.4 is 16.2 Å². The van der Waals surface area contributed by atoms with Crippen molar-refractivity contribution in [1.82, 2.24) is 20.5 Å². The molecule has 0 saturated carbocycles. The Hall–Kier alpha value is -4.71. The molecule has 4 aromatic rings. The van der Waals surface area contributed by atoms with E-state index in [0.29, 0.717) is 35.3 Å². The summed E-state index contributed by atoms with van der Waals surface area (Å²) in [5.41, 5.74) is 3.33. The Morgan fingerprint density at radius 2 is 1.60 bits per heavy atom. The summed E-state index contributed by atoms with van der Waals surface area (Å²) in [4.78, 5) is 42.4. The Morgan fingerprint density at radius 3 is 2.32 bits per heavy atom. The van der Waals surface area contributed by atoms with E-state index in [1.54, 1.807) is 24.3 Å². The molecule has 53 heavy (non-hydrogen) atoms. The van der Waals surface area contributed by atoms with Gasteiger partial charge in [-0.1, -0.05) is 80.6 Å². The molecule has 11 nitrogen and oxygen atoms in total. The summed E-state index contributed by atoms with van der Waals surface area (Å²) in [5.74, 6) is -0.617. The Kier molecular flexibility index (Phi) is 13.2. The SMILES string of the molecule is O=C(NC(c1ccccc1)c1cccc(C(=O)O)c1CCCCCCCCCNC[C@H](O)c1ccc(O)c2[nH]c(=O)ccc12)O[C@H]1CN2CCC1CC2. The van der Waals surface area contributed by atoms with Crippen molar-refractivity contribution in [2.24, 2.45) is 5.92 Å². The first kappa shape index (κ1) is 38.0. The van der Waals surface area contributed by atoms with Gasteiger partial charge in [0.15, 0.2) is 0 Å². The number of piperidine rings is 3. The lowest BCUT2D eigenvalue weighted by Gasteiger charge is -2.44. The second-order valence-corrected chi connectivity index (χ2v) is 14.5. The number of carbonyl (C=O) groups is 2. The van der Waals surface area contributed by atoms with Gasteiger partial charge in [0.05, 0.1) is 23.2 Å². The minimum Gasteiger partial charge on any atom is -0.506 e. The molecule has 6 N–H and O–H groups in total. The lowest BCUT2D eigenvalue weighted by Crippen LogP contribution is -2.52. The summed E-state index contributed by atoms with van der Waals surface area (Å²) in [6.07, 6.45) is 8.33. The molecule has 3 aromatic carbocycles. The van der Waals surface area contributed by atoms with Crippen LogP contribution in [-0.2, 0) is 11.2 Å². The van der Waals surface area contributed by atoms with Gasteiger partial charge in [-0.05, 0) is 98.1 Å². The monoisotopic (exact) mass is 724 g/mol. The zero-order valence-electron chi connectivity index (χ0n) is 30.3. The zero-order chi connectivity index (χ0) is 37.2. The van der Waals surface area contributed by atoms with Gasteiger partial charge in [0, 0.05) is 24.5 Å². The molecule has 3 atom stereocenters. The summed E-state index contributed by atoms with van der Waals surface area (Å²) in [6, 6.07) is 20.6. The molecule has 7 rings (SSSR count). The Balaban J connectivity index is 0.961. The fourth-order valence-electron chi connectivity index (χ4n) is 8.01. The largest absolute Gasteiger partial charge is 0.506 e. The number of nitrogens with one attached hydrogen (secondary N) is 3. The van der Waals surface area contributed by atoms with E-state index in [1.807, 2.05) is 36.4 Å². The van der Waals surface area contributed by atoms with Crippen molar-refractivity contribution >= 4 is 23.0 Å². The number of nitrogens with zero attached hydrogens (tertiary/aromatic N) is 1. The van der Waals surface area contributed by atoms with Crippen molar-refractivity contribution < 1.29 is 29.6 Å². The topological polar surface area (TPSA) is 164 Å². The van der Waals surface area contributed by atoms with E-state index in [2.05, 4.69) is 20.5 Å². The number of carbonyl (C=O) groups excluding carboxylic acids is 1. The molecule has 282 valence electrons. The second kappa shape index (κ2) is 18.4. The van der Waals surface area contributed by atoms with E-state index in [-0.39, 0.29) is 23.0 Å². The van der Waals surface area contributed by atoms with E-state index in [0.717, 1.165) is 101 Å². The minimum absolute atomic E-state index is 0.0288. The predicted molar refractivity (Wildman–Crippen MR) is 204 cm³/mol. The predicted octanol–water partition coefficient (Wildman–Crippen LogP) is 6.44. The molecule has 1 unspecified atom stereocenters. The number of pyridine rings is 1. The number of phenols is 1. The highest BCUT2D eigenvalue weighted by molar-refractivity contribution is 5.90. The fourth-order valence-corrected chi connectivity index (χ4v) is 8.01. The van der Waals surface area contributed by atoms with E-state index >= 15 is 0 Å². The van der Waals surface area contributed by atoms with Gasteiger partial charge < -0.3 is 35.7 Å². The molecule has 3 aliphatic rings. The number of aromatic hydroxyl groups is 1. The van der Waals surface area contributed by atoms with Gasteiger partial charge >= 0.3 is 12.1 Å². The van der Waals surface area contributed by atoms with Crippen molar-refractivity contribution in [3.05, 3.63) is 111 Å². The van der Waals surface area contributed by atoms with Crippen molar-refractivity contribution in [2.75, 3.05) is 32.7 Å². The minimum atomic E-state index is -0.975. The molecule has 4 heterocycles. The molecule has 0 spiro atoms. The lowest BCUT2D eigenvalue weighted by molar-refractivity contribution is -0.0336. The average molecular weight is 725 g/mol. The lowest BCUT2D eigenvalue weighted by atomic mass is 9.86. The summed E-state index contributed by atoms with van der Waals surface area (Å²) in [6.45, 7) is 4.01. The number of unbranched alkanes of at least 4 members (excludes halogenated alkanes) is 6. The van der Waals surface area contributed by atoms with Crippen LogP contribution in [0.4, 0.5) is 4.79 Å². The van der Waals surface area contributed by atoms with Gasteiger partial charge in [-0.15, -0.1) is 0 Å². The second-order valence-electron chi connectivity index (χ2n) is 14.5. The van der Waals surface area contributed by atoms with Crippen LogP contribution in [0.5, 0.6) is 5.75 Å². The maximum absolute atomic E-state index is 13.4. The zero-order valence-corrected chi connectivity index (χ0v) is 30.3. The van der Waals surface area contributed by atoms with Crippen molar-refractivity contribution in [3.8, 4) is 5.75 Å². The average Bonchev–Trinajstić information content (AvgIpc) is 3.17.